The number of carbonyl (C=O) groups excluding carboxylic acids is 1. The highest BCUT2D eigenvalue weighted by molar-refractivity contribution is 8.00. The lowest BCUT2D eigenvalue weighted by Crippen LogP contribution is -2.40. The fourth-order valence-electron chi connectivity index (χ4n) is 1.83. The summed E-state index contributed by atoms with van der Waals surface area (Å²) in [6.07, 6.45) is 0. The molecule has 0 spiro atoms. The predicted molar refractivity (Wildman–Crippen MR) is 72.5 cm³/mol. The Bertz CT molecular complexity index is 422. The number of likely N-dealkylation sites (N-methyl/N-ethyl adjacent to an activating group) is 1. The van der Waals surface area contributed by atoms with Gasteiger partial charge in [0.2, 0.25) is 5.91 Å². The van der Waals surface area contributed by atoms with E-state index < -0.39 is 0 Å². The second-order valence-corrected chi connectivity index (χ2v) is 4.93. The Labute approximate surface area is 106 Å². The molecule has 1 aliphatic rings. The third-order valence-corrected chi connectivity index (χ3v) is 3.74. The van der Waals surface area contributed by atoms with Gasteiger partial charge < -0.3 is 16.0 Å². The highest BCUT2D eigenvalue weighted by Crippen LogP contribution is 2.36. The molecule has 4 nitrogen and oxygen atoms in total. The molecule has 1 aliphatic heterocycles. The van der Waals surface area contributed by atoms with E-state index in [4.69, 9.17) is 5.73 Å². The molecule has 0 radical (unpaired) electrons. The van der Waals surface area contributed by atoms with Gasteiger partial charge in [0.15, 0.2) is 0 Å². The minimum Gasteiger partial charge on any atom is -0.399 e. The fraction of sp³-hybridized carbons (Fsp3) is 0.417. The lowest BCUT2D eigenvalue weighted by atomic mass is 10.2. The van der Waals surface area contributed by atoms with E-state index in [1.165, 1.54) is 0 Å². The summed E-state index contributed by atoms with van der Waals surface area (Å²) in [6.45, 7) is 4.48. The van der Waals surface area contributed by atoms with E-state index in [-0.39, 0.29) is 5.91 Å². The Kier molecular flexibility index (Phi) is 3.91. The first kappa shape index (κ1) is 12.3. The van der Waals surface area contributed by atoms with Crippen molar-refractivity contribution in [1.82, 2.24) is 5.32 Å². The highest BCUT2D eigenvalue weighted by Gasteiger charge is 2.24. The zero-order valence-electron chi connectivity index (χ0n) is 9.90. The molecule has 0 aliphatic carbocycles. The van der Waals surface area contributed by atoms with Gasteiger partial charge in [0.25, 0.3) is 0 Å². The average Bonchev–Trinajstić information content (AvgIpc) is 2.32. The van der Waals surface area contributed by atoms with Crippen LogP contribution in [0.5, 0.6) is 0 Å². The van der Waals surface area contributed by atoms with Crippen LogP contribution in [-0.4, -0.2) is 31.3 Å². The SMILES string of the molecule is CCNCCN1C(=O)CSc2ccc(N)cc21. The maximum atomic E-state index is 11.9. The number of anilines is 2. The first-order valence-electron chi connectivity index (χ1n) is 5.75. The minimum atomic E-state index is 0.158. The van der Waals surface area contributed by atoms with E-state index in [1.807, 2.05) is 23.1 Å². The molecule has 0 bridgehead atoms. The Morgan fingerprint density at radius 1 is 1.53 bits per heavy atom. The second-order valence-electron chi connectivity index (χ2n) is 3.91. The largest absolute Gasteiger partial charge is 0.399 e. The van der Waals surface area contributed by atoms with Crippen LogP contribution in [-0.2, 0) is 4.79 Å². The van der Waals surface area contributed by atoms with Crippen LogP contribution in [0.25, 0.3) is 0 Å². The summed E-state index contributed by atoms with van der Waals surface area (Å²) in [7, 11) is 0. The summed E-state index contributed by atoms with van der Waals surface area (Å²) in [6, 6.07) is 5.75. The highest BCUT2D eigenvalue weighted by atomic mass is 32.2. The topological polar surface area (TPSA) is 58.4 Å². The number of fused-ring (bicyclic) bond motifs is 1. The number of nitrogens with zero attached hydrogens (tertiary/aromatic N) is 1. The van der Waals surface area contributed by atoms with E-state index in [1.54, 1.807) is 11.8 Å². The van der Waals surface area contributed by atoms with Crippen molar-refractivity contribution in [3.8, 4) is 0 Å². The number of hydrogen-bond acceptors (Lipinski definition) is 4. The molecule has 0 fully saturated rings. The van der Waals surface area contributed by atoms with E-state index in [0.29, 0.717) is 18.0 Å². The number of rotatable bonds is 4. The Hall–Kier alpha value is -1.20. The van der Waals surface area contributed by atoms with Gasteiger partial charge in [-0.15, -0.1) is 11.8 Å². The molecule has 5 heteroatoms. The Balaban J connectivity index is 2.20. The quantitative estimate of drug-likeness (QED) is 0.626. The molecular weight excluding hydrogens is 234 g/mol. The molecule has 0 aromatic heterocycles. The number of amides is 1. The maximum absolute atomic E-state index is 11.9. The van der Waals surface area contributed by atoms with Crippen molar-refractivity contribution in [2.75, 3.05) is 36.0 Å². The first-order chi connectivity index (χ1) is 8.22. The molecule has 0 saturated carbocycles. The molecule has 1 heterocycles. The molecule has 0 saturated heterocycles. The monoisotopic (exact) mass is 251 g/mol. The molecular formula is C12H17N3OS. The van der Waals surface area contributed by atoms with Crippen molar-refractivity contribution in [2.24, 2.45) is 0 Å². The number of nitrogens with two attached hydrogens (primary N) is 1. The number of thioether (sulfide) groups is 1. The van der Waals surface area contributed by atoms with E-state index in [2.05, 4.69) is 12.2 Å². The van der Waals surface area contributed by atoms with Gasteiger partial charge in [-0.3, -0.25) is 4.79 Å². The summed E-state index contributed by atoms with van der Waals surface area (Å²) < 4.78 is 0. The molecule has 0 unspecified atom stereocenters. The number of hydrogen-bond donors (Lipinski definition) is 2. The van der Waals surface area contributed by atoms with Gasteiger partial charge in [-0.05, 0) is 24.7 Å². The standard InChI is InChI=1S/C12H17N3OS/c1-2-14-5-6-15-10-7-9(13)3-4-11(10)17-8-12(15)16/h3-4,7,14H,2,5-6,8,13H2,1H3. The molecule has 17 heavy (non-hydrogen) atoms. The van der Waals surface area contributed by atoms with Crippen LogP contribution in [0.2, 0.25) is 0 Å². The van der Waals surface area contributed by atoms with Crippen molar-refractivity contribution < 1.29 is 4.79 Å². The molecule has 1 aromatic carbocycles. The van der Waals surface area contributed by atoms with Crippen LogP contribution in [0.3, 0.4) is 0 Å². The fourth-order valence-corrected chi connectivity index (χ4v) is 2.75. The summed E-state index contributed by atoms with van der Waals surface area (Å²) in [5.74, 6) is 0.675. The van der Waals surface area contributed by atoms with Gasteiger partial charge >= 0.3 is 0 Å². The predicted octanol–water partition coefficient (Wildman–Crippen LogP) is 1.32. The smallest absolute Gasteiger partial charge is 0.237 e. The third kappa shape index (κ3) is 2.73. The van der Waals surface area contributed by atoms with Crippen molar-refractivity contribution in [3.63, 3.8) is 0 Å². The van der Waals surface area contributed by atoms with Crippen LogP contribution in [0.4, 0.5) is 11.4 Å². The minimum absolute atomic E-state index is 0.158. The Morgan fingerprint density at radius 3 is 3.12 bits per heavy atom. The van der Waals surface area contributed by atoms with Gasteiger partial charge in [-0.25, -0.2) is 0 Å². The van der Waals surface area contributed by atoms with Gasteiger partial charge in [0.1, 0.15) is 0 Å². The third-order valence-electron chi connectivity index (χ3n) is 2.69. The molecule has 3 N–H and O–H groups in total. The average molecular weight is 251 g/mol. The van der Waals surface area contributed by atoms with Crippen LogP contribution >= 0.6 is 11.8 Å². The second kappa shape index (κ2) is 5.42. The van der Waals surface area contributed by atoms with E-state index in [9.17, 15) is 4.79 Å². The zero-order valence-corrected chi connectivity index (χ0v) is 10.7. The van der Waals surface area contributed by atoms with Crippen molar-refractivity contribution in [1.29, 1.82) is 0 Å². The number of nitrogen functional groups attached to an aromatic ring is 1. The van der Waals surface area contributed by atoms with Crippen LogP contribution in [0.15, 0.2) is 23.1 Å². The normalized spacial score (nSPS) is 14.9. The van der Waals surface area contributed by atoms with Crippen molar-refractivity contribution in [3.05, 3.63) is 18.2 Å². The summed E-state index contributed by atoms with van der Waals surface area (Å²) in [4.78, 5) is 14.9. The van der Waals surface area contributed by atoms with Gasteiger partial charge in [0.05, 0.1) is 11.4 Å². The molecule has 0 atom stereocenters. The lowest BCUT2D eigenvalue weighted by Gasteiger charge is -2.29. The van der Waals surface area contributed by atoms with Gasteiger partial charge in [-0.1, -0.05) is 6.92 Å². The Morgan fingerprint density at radius 2 is 2.35 bits per heavy atom. The molecule has 92 valence electrons. The molecule has 1 amide bonds. The van der Waals surface area contributed by atoms with E-state index in [0.717, 1.165) is 23.7 Å². The van der Waals surface area contributed by atoms with Gasteiger partial charge in [-0.2, -0.15) is 0 Å². The van der Waals surface area contributed by atoms with Crippen molar-refractivity contribution in [2.45, 2.75) is 11.8 Å². The number of carbonyl (C=O) groups is 1. The first-order valence-corrected chi connectivity index (χ1v) is 6.74. The van der Waals surface area contributed by atoms with Crippen LogP contribution in [0, 0.1) is 0 Å². The molecule has 1 aromatic rings. The summed E-state index contributed by atoms with van der Waals surface area (Å²) in [5, 5.41) is 3.23. The van der Waals surface area contributed by atoms with Crippen LogP contribution < -0.4 is 16.0 Å². The summed E-state index contributed by atoms with van der Waals surface area (Å²) in [5.41, 5.74) is 7.43. The summed E-state index contributed by atoms with van der Waals surface area (Å²) >= 11 is 1.58. The number of nitrogens with one attached hydrogen (secondary N) is 1. The van der Waals surface area contributed by atoms with Gasteiger partial charge in [0, 0.05) is 23.7 Å². The number of benzene rings is 1. The van der Waals surface area contributed by atoms with Crippen LogP contribution in [0.1, 0.15) is 6.92 Å². The van der Waals surface area contributed by atoms with Crippen molar-refractivity contribution >= 4 is 29.0 Å². The molecule has 2 rings (SSSR count). The lowest BCUT2D eigenvalue weighted by molar-refractivity contribution is -0.116. The maximum Gasteiger partial charge on any atom is 0.237 e. The zero-order chi connectivity index (χ0) is 12.3. The van der Waals surface area contributed by atoms with E-state index >= 15 is 0 Å².